The second-order valence-electron chi connectivity index (χ2n) is 9.24. The van der Waals surface area contributed by atoms with Crippen LogP contribution in [0.25, 0.3) is 21.7 Å². The van der Waals surface area contributed by atoms with Gasteiger partial charge >= 0.3 is 0 Å². The minimum atomic E-state index is -0.743. The van der Waals surface area contributed by atoms with Crippen molar-refractivity contribution in [3.05, 3.63) is 89.0 Å². The van der Waals surface area contributed by atoms with E-state index in [9.17, 15) is 4.79 Å². The lowest BCUT2D eigenvalue weighted by Crippen LogP contribution is -2.79. The number of para-hydroxylation sites is 2. The van der Waals surface area contributed by atoms with Gasteiger partial charge in [-0.25, -0.2) is 15.0 Å². The molecule has 6 heteroatoms. The van der Waals surface area contributed by atoms with E-state index in [2.05, 4.69) is 39.9 Å². The van der Waals surface area contributed by atoms with Crippen LogP contribution >= 0.6 is 0 Å². The molecule has 2 atom stereocenters. The molecule has 5 heterocycles. The lowest BCUT2D eigenvalue weighted by Gasteiger charge is -2.51. The number of benzene rings is 2. The largest absolute Gasteiger partial charge is 0.387 e. The van der Waals surface area contributed by atoms with Crippen molar-refractivity contribution in [3.63, 3.8) is 0 Å². The summed E-state index contributed by atoms with van der Waals surface area (Å²) in [6.07, 6.45) is 2.77. The van der Waals surface area contributed by atoms with Crippen LogP contribution in [0.5, 0.6) is 0 Å². The van der Waals surface area contributed by atoms with Crippen molar-refractivity contribution in [2.24, 2.45) is 5.92 Å². The van der Waals surface area contributed by atoms with Gasteiger partial charge in [0, 0.05) is 46.9 Å². The quantitative estimate of drug-likeness (QED) is 0.372. The van der Waals surface area contributed by atoms with Crippen molar-refractivity contribution >= 4 is 38.9 Å². The maximum Gasteiger partial charge on any atom is 0.232 e. The van der Waals surface area contributed by atoms with Gasteiger partial charge < -0.3 is 10.6 Å². The third-order valence-corrected chi connectivity index (χ3v) is 7.73. The normalized spacial score (nSPS) is 24.4. The Bertz CT molecular complexity index is 1630. The Balaban J connectivity index is 1.60. The summed E-state index contributed by atoms with van der Waals surface area (Å²) >= 11 is 0. The zero-order valence-electron chi connectivity index (χ0n) is 17.8. The molecule has 0 saturated carbocycles. The number of ketones is 1. The average Bonchev–Trinajstić information content (AvgIpc) is 2.87. The highest BCUT2D eigenvalue weighted by molar-refractivity contribution is 6.25. The summed E-state index contributed by atoms with van der Waals surface area (Å²) in [5, 5.41) is 10.7. The van der Waals surface area contributed by atoms with E-state index in [1.165, 1.54) is 5.70 Å². The van der Waals surface area contributed by atoms with Crippen LogP contribution in [0.2, 0.25) is 0 Å². The highest BCUT2D eigenvalue weighted by atomic mass is 16.1. The highest BCUT2D eigenvalue weighted by Crippen LogP contribution is 2.54. The van der Waals surface area contributed by atoms with Gasteiger partial charge in [0.05, 0.1) is 22.7 Å². The lowest BCUT2D eigenvalue weighted by molar-refractivity contribution is -0.457. The van der Waals surface area contributed by atoms with Gasteiger partial charge in [-0.2, -0.15) is 0 Å². The first-order valence-electron chi connectivity index (χ1n) is 11.5. The summed E-state index contributed by atoms with van der Waals surface area (Å²) in [5.74, 6) is -0.157. The lowest BCUT2D eigenvalue weighted by atomic mass is 9.61. The third kappa shape index (κ3) is 1.96. The Hall–Kier alpha value is -4.06. The van der Waals surface area contributed by atoms with E-state index >= 15 is 0 Å². The summed E-state index contributed by atoms with van der Waals surface area (Å²) in [6.45, 7) is 1.42. The molecule has 0 saturated heterocycles. The summed E-state index contributed by atoms with van der Waals surface area (Å²) in [6, 6.07) is 18.2. The van der Waals surface area contributed by atoms with E-state index in [1.807, 2.05) is 36.5 Å². The minimum absolute atomic E-state index is 0.156. The van der Waals surface area contributed by atoms with Crippen molar-refractivity contribution < 1.29 is 9.79 Å². The summed E-state index contributed by atoms with van der Waals surface area (Å²) in [5.41, 5.74) is 6.94. The Morgan fingerprint density at radius 3 is 2.88 bits per heavy atom. The fourth-order valence-corrected chi connectivity index (χ4v) is 6.41. The molecule has 2 aromatic heterocycles. The molecule has 158 valence electrons. The fourth-order valence-electron chi connectivity index (χ4n) is 6.41. The van der Waals surface area contributed by atoms with Crippen LogP contribution in [-0.4, -0.2) is 34.6 Å². The van der Waals surface area contributed by atoms with Gasteiger partial charge in [-0.15, -0.1) is 0 Å². The Morgan fingerprint density at radius 2 is 1.91 bits per heavy atom. The van der Waals surface area contributed by atoms with Crippen LogP contribution in [-0.2, 0) is 5.54 Å². The van der Waals surface area contributed by atoms with Gasteiger partial charge in [-0.05, 0) is 29.7 Å². The molecule has 6 nitrogen and oxygen atoms in total. The van der Waals surface area contributed by atoms with Crippen LogP contribution < -0.4 is 15.6 Å². The summed E-state index contributed by atoms with van der Waals surface area (Å²) < 4.78 is 0. The number of nitrogens with zero attached hydrogens (tertiary/aromatic N) is 2. The molecule has 1 spiro atoms. The molecular weight excluding hydrogens is 410 g/mol. The number of pyridine rings is 2. The zero-order chi connectivity index (χ0) is 21.7. The van der Waals surface area contributed by atoms with Gasteiger partial charge in [0.2, 0.25) is 5.71 Å². The van der Waals surface area contributed by atoms with E-state index in [1.54, 1.807) is 0 Å². The van der Waals surface area contributed by atoms with E-state index in [0.717, 1.165) is 68.6 Å². The molecule has 4 aromatic rings. The first kappa shape index (κ1) is 17.5. The smallest absolute Gasteiger partial charge is 0.232 e. The van der Waals surface area contributed by atoms with Gasteiger partial charge in [0.1, 0.15) is 17.8 Å². The molecule has 3 N–H and O–H groups in total. The van der Waals surface area contributed by atoms with Crippen LogP contribution in [0.4, 0.5) is 5.69 Å². The minimum Gasteiger partial charge on any atom is -0.387 e. The molecule has 2 aromatic carbocycles. The fraction of sp³-hybridized carbons (Fsp3) is 0.185. The number of Topliss-reactive ketones (excluding diaryl/α,β-unsaturated/α-hetero) is 1. The van der Waals surface area contributed by atoms with Crippen molar-refractivity contribution in [1.82, 2.24) is 15.3 Å². The van der Waals surface area contributed by atoms with Crippen molar-refractivity contribution in [3.8, 4) is 0 Å². The van der Waals surface area contributed by atoms with E-state index in [4.69, 9.17) is 9.97 Å². The van der Waals surface area contributed by atoms with E-state index < -0.39 is 5.54 Å². The number of aromatic nitrogens is 2. The standard InChI is InChI=1S/C27H19N5O/c33-25-16-6-2-4-8-19(16)32-27-17(25)13-30-20-10-12-29-24(22(20)27)23-21-15(9-11-28-23)14-5-1-3-7-18(14)31-26(21)27/h1-9,11,17,30,32H,10,12-13H2/p+1/t17-,27+/m0/s1. The van der Waals surface area contributed by atoms with Crippen molar-refractivity contribution in [2.75, 3.05) is 18.4 Å². The average molecular weight is 430 g/mol. The zero-order valence-corrected chi connectivity index (χ0v) is 17.8. The molecule has 1 aliphatic carbocycles. The van der Waals surface area contributed by atoms with E-state index in [0.29, 0.717) is 6.54 Å². The number of anilines is 1. The maximum absolute atomic E-state index is 13.9. The Morgan fingerprint density at radius 1 is 1.03 bits per heavy atom. The molecule has 8 rings (SSSR count). The molecule has 0 fully saturated rings. The maximum atomic E-state index is 13.9. The van der Waals surface area contributed by atoms with Crippen LogP contribution in [0.1, 0.15) is 28.2 Å². The Kier molecular flexibility index (Phi) is 3.09. The van der Waals surface area contributed by atoms with Gasteiger partial charge in [0.25, 0.3) is 0 Å². The summed E-state index contributed by atoms with van der Waals surface area (Å²) in [4.78, 5) is 27.7. The van der Waals surface area contributed by atoms with Crippen molar-refractivity contribution in [2.45, 2.75) is 12.0 Å². The van der Waals surface area contributed by atoms with Crippen LogP contribution in [0.3, 0.4) is 0 Å². The number of carbonyl (C=O) groups is 1. The summed E-state index contributed by atoms with van der Waals surface area (Å²) in [7, 11) is 0. The predicted octanol–water partition coefficient (Wildman–Crippen LogP) is 2.05. The SMILES string of the molecule is O=C1c2ccccc2N[C@]23C4=C(CC[NH+]=C4c4nccc5c4c2nc2ccccc25)NC[C@@H]13. The van der Waals surface area contributed by atoms with Crippen molar-refractivity contribution in [1.29, 1.82) is 0 Å². The van der Waals surface area contributed by atoms with Crippen LogP contribution in [0, 0.1) is 5.92 Å². The Labute approximate surface area is 189 Å². The second kappa shape index (κ2) is 5.84. The van der Waals surface area contributed by atoms with Gasteiger partial charge in [-0.3, -0.25) is 4.79 Å². The molecule has 33 heavy (non-hydrogen) atoms. The van der Waals surface area contributed by atoms with Gasteiger partial charge in [-0.1, -0.05) is 30.3 Å². The third-order valence-electron chi connectivity index (χ3n) is 7.73. The van der Waals surface area contributed by atoms with Gasteiger partial charge in [0.15, 0.2) is 5.78 Å². The monoisotopic (exact) mass is 430 g/mol. The molecule has 0 bridgehead atoms. The first-order chi connectivity index (χ1) is 16.3. The number of hydrogen-bond donors (Lipinski definition) is 3. The second-order valence-corrected chi connectivity index (χ2v) is 9.24. The molecule has 0 unspecified atom stereocenters. The van der Waals surface area contributed by atoms with Crippen LogP contribution in [0.15, 0.2) is 72.1 Å². The molecule has 3 aliphatic heterocycles. The first-order valence-corrected chi connectivity index (χ1v) is 11.5. The molecule has 0 amide bonds. The number of rotatable bonds is 0. The van der Waals surface area contributed by atoms with E-state index in [-0.39, 0.29) is 11.7 Å². The number of nitrogens with one attached hydrogen (secondary N) is 3. The molecule has 4 aliphatic rings. The molecular formula is C27H20N5O+. The number of carbonyl (C=O) groups excluding carboxylic acids is 1. The number of fused-ring (bicyclic) bond motifs is 4. The predicted molar refractivity (Wildman–Crippen MR) is 126 cm³/mol. The topological polar surface area (TPSA) is 80.9 Å². The highest BCUT2D eigenvalue weighted by Gasteiger charge is 2.61. The molecule has 0 radical (unpaired) electrons. The number of hydrogen-bond acceptors (Lipinski definition) is 5.